The molecule has 1 aromatic carbocycles. The van der Waals surface area contributed by atoms with Gasteiger partial charge in [0.1, 0.15) is 11.5 Å². The quantitative estimate of drug-likeness (QED) is 0.862. The van der Waals surface area contributed by atoms with Crippen LogP contribution in [0.1, 0.15) is 18.4 Å². The first-order valence-corrected chi connectivity index (χ1v) is 7.47. The van der Waals surface area contributed by atoms with E-state index >= 15 is 0 Å². The van der Waals surface area contributed by atoms with Crippen LogP contribution in [-0.4, -0.2) is 51.8 Å². The van der Waals surface area contributed by atoms with Crippen LogP contribution >= 0.6 is 0 Å². The highest BCUT2D eigenvalue weighted by Gasteiger charge is 2.09. The Morgan fingerprint density at radius 2 is 2.05 bits per heavy atom. The number of nitrogens with one attached hydrogen (secondary N) is 1. The zero-order chi connectivity index (χ0) is 14.2. The van der Waals surface area contributed by atoms with E-state index in [9.17, 15) is 0 Å². The summed E-state index contributed by atoms with van der Waals surface area (Å²) < 4.78 is 10.7. The summed E-state index contributed by atoms with van der Waals surface area (Å²) in [6.07, 6.45) is 3.44. The van der Waals surface area contributed by atoms with Crippen LogP contribution in [0.3, 0.4) is 0 Å². The van der Waals surface area contributed by atoms with E-state index in [0.29, 0.717) is 0 Å². The van der Waals surface area contributed by atoms with Crippen LogP contribution in [0.5, 0.6) is 11.5 Å². The SMILES string of the molecule is COc1ccc(OC)c(CCCN2CCCNCC2)c1. The normalized spacial score (nSPS) is 16.7. The molecule has 1 fully saturated rings. The monoisotopic (exact) mass is 278 g/mol. The Hall–Kier alpha value is -1.26. The molecule has 0 aliphatic carbocycles. The summed E-state index contributed by atoms with van der Waals surface area (Å²) in [7, 11) is 3.43. The zero-order valence-electron chi connectivity index (χ0n) is 12.7. The van der Waals surface area contributed by atoms with Crippen molar-refractivity contribution in [2.45, 2.75) is 19.3 Å². The average Bonchev–Trinajstić information content (AvgIpc) is 2.76. The van der Waals surface area contributed by atoms with Gasteiger partial charge in [-0.05, 0) is 62.7 Å². The number of ether oxygens (including phenoxy) is 2. The van der Waals surface area contributed by atoms with Crippen molar-refractivity contribution in [3.8, 4) is 11.5 Å². The summed E-state index contributed by atoms with van der Waals surface area (Å²) in [5.41, 5.74) is 1.24. The predicted molar refractivity (Wildman–Crippen MR) is 81.8 cm³/mol. The van der Waals surface area contributed by atoms with Gasteiger partial charge in [0.25, 0.3) is 0 Å². The number of benzene rings is 1. The zero-order valence-corrected chi connectivity index (χ0v) is 12.7. The standard InChI is InChI=1S/C16H26N2O2/c1-19-15-6-7-16(20-2)14(13-15)5-3-10-18-11-4-8-17-9-12-18/h6-7,13,17H,3-5,8-12H2,1-2H3. The third-order valence-corrected chi connectivity index (χ3v) is 3.84. The van der Waals surface area contributed by atoms with Gasteiger partial charge in [-0.25, -0.2) is 0 Å². The van der Waals surface area contributed by atoms with Gasteiger partial charge in [-0.1, -0.05) is 0 Å². The van der Waals surface area contributed by atoms with E-state index in [-0.39, 0.29) is 0 Å². The van der Waals surface area contributed by atoms with Gasteiger partial charge in [0, 0.05) is 13.1 Å². The lowest BCUT2D eigenvalue weighted by Crippen LogP contribution is -2.29. The van der Waals surface area contributed by atoms with Crippen LogP contribution < -0.4 is 14.8 Å². The molecule has 1 aliphatic heterocycles. The minimum absolute atomic E-state index is 0.903. The van der Waals surface area contributed by atoms with Crippen molar-refractivity contribution in [3.05, 3.63) is 23.8 Å². The number of hydrogen-bond donors (Lipinski definition) is 1. The van der Waals surface area contributed by atoms with E-state index in [1.165, 1.54) is 18.5 Å². The average molecular weight is 278 g/mol. The maximum atomic E-state index is 5.43. The molecule has 2 rings (SSSR count). The van der Waals surface area contributed by atoms with Gasteiger partial charge in [-0.15, -0.1) is 0 Å². The molecule has 0 bridgehead atoms. The molecule has 1 saturated heterocycles. The Balaban J connectivity index is 1.86. The fourth-order valence-electron chi connectivity index (χ4n) is 2.70. The second kappa shape index (κ2) is 8.12. The van der Waals surface area contributed by atoms with Crippen molar-refractivity contribution < 1.29 is 9.47 Å². The summed E-state index contributed by atoms with van der Waals surface area (Å²) in [6.45, 7) is 5.79. The van der Waals surface area contributed by atoms with Crippen molar-refractivity contribution >= 4 is 0 Å². The fraction of sp³-hybridized carbons (Fsp3) is 0.625. The second-order valence-electron chi connectivity index (χ2n) is 5.23. The molecular formula is C16H26N2O2. The van der Waals surface area contributed by atoms with Crippen molar-refractivity contribution in [1.29, 1.82) is 0 Å². The Morgan fingerprint density at radius 3 is 2.85 bits per heavy atom. The molecule has 0 saturated carbocycles. The molecule has 1 aromatic rings. The van der Waals surface area contributed by atoms with Gasteiger partial charge < -0.3 is 19.7 Å². The highest BCUT2D eigenvalue weighted by molar-refractivity contribution is 5.40. The summed E-state index contributed by atoms with van der Waals surface area (Å²) in [5.74, 6) is 1.86. The van der Waals surface area contributed by atoms with Crippen molar-refractivity contribution in [2.75, 3.05) is 46.9 Å². The number of aryl methyl sites for hydroxylation is 1. The topological polar surface area (TPSA) is 33.7 Å². The molecule has 0 spiro atoms. The van der Waals surface area contributed by atoms with E-state index in [0.717, 1.165) is 50.5 Å². The van der Waals surface area contributed by atoms with Crippen LogP contribution in [0.15, 0.2) is 18.2 Å². The molecule has 4 nitrogen and oxygen atoms in total. The lowest BCUT2D eigenvalue weighted by Gasteiger charge is -2.19. The molecule has 1 N–H and O–H groups in total. The van der Waals surface area contributed by atoms with Crippen LogP contribution in [0.25, 0.3) is 0 Å². The molecule has 4 heteroatoms. The summed E-state index contributed by atoms with van der Waals surface area (Å²) in [6, 6.07) is 6.02. The lowest BCUT2D eigenvalue weighted by atomic mass is 10.1. The third kappa shape index (κ3) is 4.39. The molecule has 0 atom stereocenters. The van der Waals surface area contributed by atoms with E-state index in [2.05, 4.69) is 16.3 Å². The van der Waals surface area contributed by atoms with Gasteiger partial charge in [-0.3, -0.25) is 0 Å². The number of nitrogens with zero attached hydrogens (tertiary/aromatic N) is 1. The summed E-state index contributed by atoms with van der Waals surface area (Å²) >= 11 is 0. The van der Waals surface area contributed by atoms with Gasteiger partial charge in [0.05, 0.1) is 14.2 Å². The maximum absolute atomic E-state index is 5.43. The summed E-state index contributed by atoms with van der Waals surface area (Å²) in [5, 5.41) is 3.44. The van der Waals surface area contributed by atoms with Crippen molar-refractivity contribution in [2.24, 2.45) is 0 Å². The van der Waals surface area contributed by atoms with E-state index in [4.69, 9.17) is 9.47 Å². The first-order valence-electron chi connectivity index (χ1n) is 7.47. The first kappa shape index (κ1) is 15.1. The maximum Gasteiger partial charge on any atom is 0.122 e. The van der Waals surface area contributed by atoms with E-state index in [1.54, 1.807) is 14.2 Å². The fourth-order valence-corrected chi connectivity index (χ4v) is 2.70. The molecular weight excluding hydrogens is 252 g/mol. The summed E-state index contributed by atoms with van der Waals surface area (Å²) in [4.78, 5) is 2.55. The molecule has 0 radical (unpaired) electrons. The molecule has 0 aromatic heterocycles. The number of rotatable bonds is 6. The van der Waals surface area contributed by atoms with Gasteiger partial charge in [0.2, 0.25) is 0 Å². The van der Waals surface area contributed by atoms with Crippen LogP contribution in [-0.2, 0) is 6.42 Å². The molecule has 0 unspecified atom stereocenters. The Bertz CT molecular complexity index is 401. The van der Waals surface area contributed by atoms with Crippen LogP contribution in [0, 0.1) is 0 Å². The Labute approximate surface area is 122 Å². The minimum atomic E-state index is 0.903. The molecule has 1 aliphatic rings. The first-order chi connectivity index (χ1) is 9.83. The lowest BCUT2D eigenvalue weighted by molar-refractivity contribution is 0.288. The Morgan fingerprint density at radius 1 is 1.15 bits per heavy atom. The molecule has 20 heavy (non-hydrogen) atoms. The molecule has 0 amide bonds. The molecule has 1 heterocycles. The van der Waals surface area contributed by atoms with Crippen molar-refractivity contribution in [3.63, 3.8) is 0 Å². The van der Waals surface area contributed by atoms with Crippen molar-refractivity contribution in [1.82, 2.24) is 10.2 Å². The van der Waals surface area contributed by atoms with Crippen LogP contribution in [0.4, 0.5) is 0 Å². The Kier molecular flexibility index (Phi) is 6.15. The minimum Gasteiger partial charge on any atom is -0.497 e. The van der Waals surface area contributed by atoms with Gasteiger partial charge in [0.15, 0.2) is 0 Å². The third-order valence-electron chi connectivity index (χ3n) is 3.84. The van der Waals surface area contributed by atoms with Crippen LogP contribution in [0.2, 0.25) is 0 Å². The highest BCUT2D eigenvalue weighted by atomic mass is 16.5. The predicted octanol–water partition coefficient (Wildman–Crippen LogP) is 1.93. The van der Waals surface area contributed by atoms with E-state index in [1.807, 2.05) is 12.1 Å². The number of hydrogen-bond acceptors (Lipinski definition) is 4. The smallest absolute Gasteiger partial charge is 0.122 e. The second-order valence-corrected chi connectivity index (χ2v) is 5.23. The van der Waals surface area contributed by atoms with Gasteiger partial charge in [-0.2, -0.15) is 0 Å². The largest absolute Gasteiger partial charge is 0.497 e. The number of methoxy groups -OCH3 is 2. The van der Waals surface area contributed by atoms with E-state index < -0.39 is 0 Å². The van der Waals surface area contributed by atoms with Gasteiger partial charge >= 0.3 is 0 Å². The molecule has 112 valence electrons. The highest BCUT2D eigenvalue weighted by Crippen LogP contribution is 2.25.